The van der Waals surface area contributed by atoms with Crippen LogP contribution in [-0.2, 0) is 15.8 Å². The van der Waals surface area contributed by atoms with Crippen LogP contribution >= 0.6 is 0 Å². The maximum Gasteiger partial charge on any atom is 0.416 e. The van der Waals surface area contributed by atoms with Crippen LogP contribution in [0.5, 0.6) is 0 Å². The summed E-state index contributed by atoms with van der Waals surface area (Å²) in [7, 11) is 0. The molecule has 1 aliphatic carbocycles. The summed E-state index contributed by atoms with van der Waals surface area (Å²) >= 11 is 0. The van der Waals surface area contributed by atoms with E-state index in [1.165, 1.54) is 0 Å². The van der Waals surface area contributed by atoms with E-state index in [-0.39, 0.29) is 35.8 Å². The molecule has 0 spiro atoms. The molecule has 2 aliphatic rings. The average molecular weight is 339 g/mol. The van der Waals surface area contributed by atoms with Gasteiger partial charge in [-0.2, -0.15) is 13.2 Å². The Morgan fingerprint density at radius 2 is 1.54 bits per heavy atom. The van der Waals surface area contributed by atoms with E-state index in [2.05, 4.69) is 0 Å². The van der Waals surface area contributed by atoms with Crippen LogP contribution in [-0.4, -0.2) is 28.4 Å². The van der Waals surface area contributed by atoms with E-state index in [4.69, 9.17) is 0 Å². The maximum atomic E-state index is 12.6. The number of imide groups is 1. The molecule has 1 heterocycles. The first-order valence-corrected chi connectivity index (χ1v) is 7.64. The minimum absolute atomic E-state index is 0.233. The van der Waals surface area contributed by atoms with Gasteiger partial charge in [0.15, 0.2) is 0 Å². The highest BCUT2D eigenvalue weighted by Gasteiger charge is 2.47. The lowest BCUT2D eigenvalue weighted by molar-refractivity contribution is -0.141. The third-order valence-corrected chi connectivity index (χ3v) is 4.58. The zero-order valence-electron chi connectivity index (χ0n) is 12.7. The number of likely N-dealkylation sites (tertiary alicyclic amines) is 1. The van der Waals surface area contributed by atoms with Crippen molar-refractivity contribution in [3.05, 3.63) is 47.5 Å². The van der Waals surface area contributed by atoms with Gasteiger partial charge >= 0.3 is 6.18 Å². The van der Waals surface area contributed by atoms with Crippen molar-refractivity contribution in [3.63, 3.8) is 0 Å². The molecule has 1 fully saturated rings. The first-order valence-electron chi connectivity index (χ1n) is 7.64. The van der Waals surface area contributed by atoms with Gasteiger partial charge in [0.1, 0.15) is 0 Å². The molecule has 0 saturated carbocycles. The van der Waals surface area contributed by atoms with Gasteiger partial charge in [-0.25, -0.2) is 0 Å². The second-order valence-corrected chi connectivity index (χ2v) is 6.08. The molecule has 24 heavy (non-hydrogen) atoms. The Morgan fingerprint density at radius 3 is 2.00 bits per heavy atom. The van der Waals surface area contributed by atoms with E-state index >= 15 is 0 Å². The monoisotopic (exact) mass is 339 g/mol. The van der Waals surface area contributed by atoms with Gasteiger partial charge in [-0.3, -0.25) is 14.5 Å². The number of carbonyl (C=O) groups is 2. The van der Waals surface area contributed by atoms with Gasteiger partial charge in [-0.1, -0.05) is 24.3 Å². The van der Waals surface area contributed by atoms with Crippen molar-refractivity contribution in [2.75, 3.05) is 6.54 Å². The van der Waals surface area contributed by atoms with E-state index in [1.54, 1.807) is 0 Å². The molecule has 1 N–H and O–H groups in total. The van der Waals surface area contributed by atoms with E-state index in [0.717, 1.165) is 29.2 Å². The lowest BCUT2D eigenvalue weighted by atomic mass is 9.85. The molecule has 1 aliphatic heterocycles. The zero-order valence-corrected chi connectivity index (χ0v) is 12.7. The summed E-state index contributed by atoms with van der Waals surface area (Å²) in [6, 6.07) is 4.06. The highest BCUT2D eigenvalue weighted by atomic mass is 19.4. The zero-order chi connectivity index (χ0) is 17.5. The number of aliphatic hydroxyl groups is 1. The molecule has 3 atom stereocenters. The third-order valence-electron chi connectivity index (χ3n) is 4.58. The van der Waals surface area contributed by atoms with Crippen LogP contribution in [0.25, 0.3) is 0 Å². The van der Waals surface area contributed by atoms with Crippen molar-refractivity contribution in [1.29, 1.82) is 0 Å². The number of allylic oxidation sites excluding steroid dienone is 2. The molecule has 0 unspecified atom stereocenters. The standard InChI is InChI=1S/C17H16F3NO3/c18-17(19,20)11-7-5-10(6-8-11)14(22)9-21-15(23)12-3-1-2-4-13(12)16(21)24/h1-2,5-8,12-14,22H,3-4,9H2/t12-,13+,14-/m0/s1. The predicted octanol–water partition coefficient (Wildman–Crippen LogP) is 2.69. The lowest BCUT2D eigenvalue weighted by Gasteiger charge is -2.19. The van der Waals surface area contributed by atoms with Crippen LogP contribution in [0.1, 0.15) is 30.1 Å². The fraction of sp³-hybridized carbons (Fsp3) is 0.412. The number of hydrogen-bond donors (Lipinski definition) is 1. The molecule has 4 nitrogen and oxygen atoms in total. The van der Waals surface area contributed by atoms with Gasteiger partial charge in [0, 0.05) is 0 Å². The molecule has 1 aromatic carbocycles. The van der Waals surface area contributed by atoms with Crippen LogP contribution in [0.4, 0.5) is 13.2 Å². The number of fused-ring (bicyclic) bond motifs is 1. The summed E-state index contributed by atoms with van der Waals surface area (Å²) in [6.07, 6.45) is -0.935. The smallest absolute Gasteiger partial charge is 0.387 e. The fourth-order valence-electron chi connectivity index (χ4n) is 3.22. The summed E-state index contributed by atoms with van der Waals surface area (Å²) < 4.78 is 37.7. The molecule has 1 aromatic rings. The number of benzene rings is 1. The highest BCUT2D eigenvalue weighted by Crippen LogP contribution is 2.36. The Bertz CT molecular complexity index is 655. The number of aliphatic hydroxyl groups excluding tert-OH is 1. The quantitative estimate of drug-likeness (QED) is 0.680. The van der Waals surface area contributed by atoms with Crippen LogP contribution in [0.15, 0.2) is 36.4 Å². The van der Waals surface area contributed by atoms with E-state index in [1.807, 2.05) is 12.2 Å². The van der Waals surface area contributed by atoms with Crippen LogP contribution in [0.3, 0.4) is 0 Å². The van der Waals surface area contributed by atoms with Gasteiger partial charge < -0.3 is 5.11 Å². The summed E-state index contributed by atoms with van der Waals surface area (Å²) in [5, 5.41) is 10.2. The SMILES string of the molecule is O=C1[C@H]2CC=CC[C@H]2C(=O)N1C[C@H](O)c1ccc(C(F)(F)F)cc1. The number of carbonyl (C=O) groups excluding carboxylic acids is 2. The number of hydrogen-bond acceptors (Lipinski definition) is 3. The minimum Gasteiger partial charge on any atom is -0.387 e. The molecular formula is C17H16F3NO3. The fourth-order valence-corrected chi connectivity index (χ4v) is 3.22. The van der Waals surface area contributed by atoms with E-state index in [9.17, 15) is 27.9 Å². The number of halogens is 3. The first-order chi connectivity index (χ1) is 11.3. The van der Waals surface area contributed by atoms with Crippen LogP contribution in [0, 0.1) is 11.8 Å². The molecule has 3 rings (SSSR count). The summed E-state index contributed by atoms with van der Waals surface area (Å²) in [5.41, 5.74) is -0.583. The van der Waals surface area contributed by atoms with E-state index < -0.39 is 17.8 Å². The van der Waals surface area contributed by atoms with Crippen molar-refractivity contribution in [2.24, 2.45) is 11.8 Å². The Kier molecular flexibility index (Phi) is 4.21. The Hall–Kier alpha value is -2.15. The summed E-state index contributed by atoms with van der Waals surface area (Å²) in [6.45, 7) is -0.240. The molecule has 7 heteroatoms. The molecule has 1 saturated heterocycles. The van der Waals surface area contributed by atoms with E-state index in [0.29, 0.717) is 12.8 Å². The van der Waals surface area contributed by atoms with Crippen molar-refractivity contribution in [2.45, 2.75) is 25.1 Å². The normalized spacial score (nSPS) is 25.1. The summed E-state index contributed by atoms with van der Waals surface area (Å²) in [5.74, 6) is -1.41. The number of β-amino-alcohol motifs (C(OH)–C–C–N with tert-alkyl or cyclic N) is 1. The average Bonchev–Trinajstić information content (AvgIpc) is 2.79. The summed E-state index contributed by atoms with van der Waals surface area (Å²) in [4.78, 5) is 25.7. The molecule has 2 amide bonds. The van der Waals surface area contributed by atoms with Gasteiger partial charge in [0.2, 0.25) is 11.8 Å². The van der Waals surface area contributed by atoms with Crippen LogP contribution < -0.4 is 0 Å². The molecule has 0 aromatic heterocycles. The van der Waals surface area contributed by atoms with Crippen LogP contribution in [0.2, 0.25) is 0 Å². The number of nitrogens with zero attached hydrogens (tertiary/aromatic N) is 1. The second-order valence-electron chi connectivity index (χ2n) is 6.08. The molecule has 128 valence electrons. The molecular weight excluding hydrogens is 323 g/mol. The maximum absolute atomic E-state index is 12.6. The third kappa shape index (κ3) is 2.96. The number of alkyl halides is 3. The van der Waals surface area contributed by atoms with Crippen molar-refractivity contribution in [1.82, 2.24) is 4.90 Å². The van der Waals surface area contributed by atoms with Crippen molar-refractivity contribution >= 4 is 11.8 Å². The Labute approximate surface area is 136 Å². The molecule has 0 bridgehead atoms. The highest BCUT2D eigenvalue weighted by molar-refractivity contribution is 6.05. The number of amides is 2. The topological polar surface area (TPSA) is 57.6 Å². The minimum atomic E-state index is -4.45. The van der Waals surface area contributed by atoms with Gasteiger partial charge in [0.05, 0.1) is 30.0 Å². The van der Waals surface area contributed by atoms with Gasteiger partial charge in [0.25, 0.3) is 0 Å². The lowest BCUT2D eigenvalue weighted by Crippen LogP contribution is -2.35. The number of rotatable bonds is 3. The Balaban J connectivity index is 1.72. The van der Waals surface area contributed by atoms with Crippen molar-refractivity contribution in [3.8, 4) is 0 Å². The predicted molar refractivity (Wildman–Crippen MR) is 78.5 cm³/mol. The Morgan fingerprint density at radius 1 is 1.04 bits per heavy atom. The second kappa shape index (κ2) is 6.05. The molecule has 0 radical (unpaired) electrons. The largest absolute Gasteiger partial charge is 0.416 e. The van der Waals surface area contributed by atoms with Gasteiger partial charge in [-0.05, 0) is 30.5 Å². The van der Waals surface area contributed by atoms with Gasteiger partial charge in [-0.15, -0.1) is 0 Å². The first kappa shape index (κ1) is 16.7. The van der Waals surface area contributed by atoms with Crippen molar-refractivity contribution < 1.29 is 27.9 Å².